The van der Waals surface area contributed by atoms with Gasteiger partial charge in [0, 0.05) is 24.5 Å². The first-order valence-corrected chi connectivity index (χ1v) is 10.8. The fourth-order valence-corrected chi connectivity index (χ4v) is 5.59. The summed E-state index contributed by atoms with van der Waals surface area (Å²) in [6.45, 7) is 7.59. The van der Waals surface area contributed by atoms with Crippen molar-refractivity contribution in [3.05, 3.63) is 16.5 Å². The summed E-state index contributed by atoms with van der Waals surface area (Å²) in [6.07, 6.45) is 2.91. The molecular weight excluding hydrogens is 324 g/mol. The Morgan fingerprint density at radius 3 is 2.71 bits per heavy atom. The van der Waals surface area contributed by atoms with E-state index in [0.29, 0.717) is 4.21 Å². The average molecular weight is 351 g/mol. The van der Waals surface area contributed by atoms with E-state index in [-0.39, 0.29) is 6.04 Å². The Morgan fingerprint density at radius 1 is 1.48 bits per heavy atom. The van der Waals surface area contributed by atoms with Crippen molar-refractivity contribution in [2.45, 2.75) is 44.0 Å². The van der Waals surface area contributed by atoms with Crippen molar-refractivity contribution < 1.29 is 8.42 Å². The van der Waals surface area contributed by atoms with Gasteiger partial charge < -0.3 is 5.32 Å². The van der Waals surface area contributed by atoms with E-state index >= 15 is 0 Å². The summed E-state index contributed by atoms with van der Waals surface area (Å²) in [5.74, 6) is 0.968. The second-order valence-corrected chi connectivity index (χ2v) is 9.45. The van der Waals surface area contributed by atoms with Crippen molar-refractivity contribution in [2.24, 2.45) is 0 Å². The van der Waals surface area contributed by atoms with E-state index < -0.39 is 10.0 Å². The minimum absolute atomic E-state index is 0.0158. The first-order valence-electron chi connectivity index (χ1n) is 7.11. The topological polar surface area (TPSA) is 49.4 Å². The molecule has 0 aliphatic rings. The van der Waals surface area contributed by atoms with Crippen molar-refractivity contribution >= 4 is 33.1 Å². The van der Waals surface area contributed by atoms with Crippen molar-refractivity contribution in [3.8, 4) is 0 Å². The standard InChI is InChI=1S/C14H26N2O2S3/c1-6-15-10-13-11(2)9-14(20-13)21(17,18)16(4)12(3)7-8-19-5/h9,12,15H,6-8,10H2,1-5H3. The summed E-state index contributed by atoms with van der Waals surface area (Å²) in [5, 5.41) is 3.25. The predicted molar refractivity (Wildman–Crippen MR) is 93.8 cm³/mol. The van der Waals surface area contributed by atoms with E-state index in [1.54, 1.807) is 24.9 Å². The molecule has 122 valence electrons. The lowest BCUT2D eigenvalue weighted by atomic mass is 10.3. The van der Waals surface area contributed by atoms with E-state index in [1.807, 2.05) is 27.0 Å². The Morgan fingerprint density at radius 2 is 2.14 bits per heavy atom. The molecule has 0 amide bonds. The number of nitrogens with zero attached hydrogens (tertiary/aromatic N) is 1. The SMILES string of the molecule is CCNCc1sc(S(=O)(=O)N(C)C(C)CCSC)cc1C. The second kappa shape index (κ2) is 8.53. The van der Waals surface area contributed by atoms with Gasteiger partial charge in [0.15, 0.2) is 0 Å². The van der Waals surface area contributed by atoms with Crippen LogP contribution in [0.5, 0.6) is 0 Å². The van der Waals surface area contributed by atoms with Gasteiger partial charge in [-0.05, 0) is 50.5 Å². The second-order valence-electron chi connectivity index (χ2n) is 5.10. The van der Waals surface area contributed by atoms with Crippen LogP contribution in [0.1, 0.15) is 30.7 Å². The van der Waals surface area contributed by atoms with Crippen molar-refractivity contribution in [1.82, 2.24) is 9.62 Å². The number of hydrogen-bond donors (Lipinski definition) is 1. The summed E-state index contributed by atoms with van der Waals surface area (Å²) in [4.78, 5) is 1.10. The Bertz CT molecular complexity index is 540. The number of rotatable bonds is 9. The largest absolute Gasteiger partial charge is 0.312 e. The van der Waals surface area contributed by atoms with E-state index in [4.69, 9.17) is 0 Å². The van der Waals surface area contributed by atoms with Crippen LogP contribution >= 0.6 is 23.1 Å². The predicted octanol–water partition coefficient (Wildman–Crippen LogP) is 2.93. The van der Waals surface area contributed by atoms with Crippen LogP contribution in [-0.4, -0.2) is 44.4 Å². The fourth-order valence-electron chi connectivity index (χ4n) is 1.88. The lowest BCUT2D eigenvalue weighted by Gasteiger charge is -2.23. The van der Waals surface area contributed by atoms with Gasteiger partial charge in [-0.3, -0.25) is 0 Å². The van der Waals surface area contributed by atoms with Gasteiger partial charge >= 0.3 is 0 Å². The molecule has 1 unspecified atom stereocenters. The summed E-state index contributed by atoms with van der Waals surface area (Å²) >= 11 is 3.12. The van der Waals surface area contributed by atoms with Crippen LogP contribution in [0, 0.1) is 6.92 Å². The fraction of sp³-hybridized carbons (Fsp3) is 0.714. The first-order chi connectivity index (χ1) is 9.84. The highest BCUT2D eigenvalue weighted by molar-refractivity contribution is 7.98. The van der Waals surface area contributed by atoms with Crippen LogP contribution in [0.15, 0.2) is 10.3 Å². The average Bonchev–Trinajstić information content (AvgIpc) is 2.83. The molecule has 0 radical (unpaired) electrons. The molecular formula is C14H26N2O2S3. The number of sulfonamides is 1. The summed E-state index contributed by atoms with van der Waals surface area (Å²) in [6, 6.07) is 1.81. The van der Waals surface area contributed by atoms with Gasteiger partial charge in [-0.1, -0.05) is 6.92 Å². The molecule has 1 atom stereocenters. The molecule has 7 heteroatoms. The minimum Gasteiger partial charge on any atom is -0.312 e. The monoisotopic (exact) mass is 350 g/mol. The summed E-state index contributed by atoms with van der Waals surface area (Å²) in [5.41, 5.74) is 1.05. The molecule has 4 nitrogen and oxygen atoms in total. The van der Waals surface area contributed by atoms with Crippen molar-refractivity contribution in [1.29, 1.82) is 0 Å². The van der Waals surface area contributed by atoms with Crippen LogP contribution in [0.4, 0.5) is 0 Å². The van der Waals surface area contributed by atoms with E-state index in [1.165, 1.54) is 15.6 Å². The third-order valence-corrected chi connectivity index (χ3v) is 7.83. The zero-order valence-electron chi connectivity index (χ0n) is 13.5. The molecule has 0 aliphatic carbocycles. The van der Waals surface area contributed by atoms with Crippen LogP contribution in [-0.2, 0) is 16.6 Å². The number of nitrogens with one attached hydrogen (secondary N) is 1. The van der Waals surface area contributed by atoms with Gasteiger partial charge in [0.05, 0.1) is 0 Å². The third-order valence-electron chi connectivity index (χ3n) is 3.53. The molecule has 1 N–H and O–H groups in total. The van der Waals surface area contributed by atoms with Crippen molar-refractivity contribution in [2.75, 3.05) is 25.6 Å². The van der Waals surface area contributed by atoms with Gasteiger partial charge in [-0.2, -0.15) is 16.1 Å². The zero-order valence-corrected chi connectivity index (χ0v) is 15.9. The third kappa shape index (κ3) is 4.96. The number of hydrogen-bond acceptors (Lipinski definition) is 5. The van der Waals surface area contributed by atoms with E-state index in [9.17, 15) is 8.42 Å². The lowest BCUT2D eigenvalue weighted by molar-refractivity contribution is 0.383. The lowest BCUT2D eigenvalue weighted by Crippen LogP contribution is -2.35. The van der Waals surface area contributed by atoms with Crippen LogP contribution in [0.3, 0.4) is 0 Å². The Kier molecular flexibility index (Phi) is 7.70. The van der Waals surface area contributed by atoms with Crippen LogP contribution in [0.2, 0.25) is 0 Å². The normalized spacial score (nSPS) is 13.8. The van der Waals surface area contributed by atoms with Crippen LogP contribution < -0.4 is 5.32 Å². The number of thioether (sulfide) groups is 1. The molecule has 1 aromatic rings. The molecule has 0 spiro atoms. The van der Waals surface area contributed by atoms with E-state index in [0.717, 1.165) is 35.7 Å². The Labute approximate surface area is 137 Å². The molecule has 0 fully saturated rings. The molecule has 21 heavy (non-hydrogen) atoms. The quantitative estimate of drug-likeness (QED) is 0.744. The highest BCUT2D eigenvalue weighted by Gasteiger charge is 2.27. The smallest absolute Gasteiger partial charge is 0.252 e. The van der Waals surface area contributed by atoms with Gasteiger partial charge in [-0.15, -0.1) is 11.3 Å². The van der Waals surface area contributed by atoms with E-state index in [2.05, 4.69) is 5.32 Å². The van der Waals surface area contributed by atoms with Crippen molar-refractivity contribution in [3.63, 3.8) is 0 Å². The Balaban J connectivity index is 2.91. The highest BCUT2D eigenvalue weighted by Crippen LogP contribution is 2.29. The Hall–Kier alpha value is -0.0800. The molecule has 0 bridgehead atoms. The van der Waals surface area contributed by atoms with Crippen LogP contribution in [0.25, 0.3) is 0 Å². The number of aryl methyl sites for hydroxylation is 1. The van der Waals surface area contributed by atoms with Gasteiger partial charge in [0.25, 0.3) is 10.0 Å². The molecule has 0 aromatic carbocycles. The molecule has 1 rings (SSSR count). The molecule has 0 saturated heterocycles. The molecule has 1 aromatic heterocycles. The van der Waals surface area contributed by atoms with Gasteiger partial charge in [0.1, 0.15) is 4.21 Å². The molecule has 0 aliphatic heterocycles. The summed E-state index contributed by atoms with van der Waals surface area (Å²) in [7, 11) is -1.70. The highest BCUT2D eigenvalue weighted by atomic mass is 32.2. The zero-order chi connectivity index (χ0) is 16.0. The first kappa shape index (κ1) is 19.0. The van der Waals surface area contributed by atoms with Gasteiger partial charge in [0.2, 0.25) is 0 Å². The molecule has 0 saturated carbocycles. The van der Waals surface area contributed by atoms with Gasteiger partial charge in [-0.25, -0.2) is 8.42 Å². The maximum atomic E-state index is 12.7. The molecule has 1 heterocycles. The maximum Gasteiger partial charge on any atom is 0.252 e. The minimum atomic E-state index is -3.38. The maximum absolute atomic E-state index is 12.7. The number of thiophene rings is 1. The summed E-state index contributed by atoms with van der Waals surface area (Å²) < 4.78 is 27.3.